The number of aromatic nitrogens is 1. The summed E-state index contributed by atoms with van der Waals surface area (Å²) in [5.74, 6) is -0.535. The first-order valence-corrected chi connectivity index (χ1v) is 10.9. The van der Waals surface area contributed by atoms with Crippen molar-refractivity contribution in [1.82, 2.24) is 10.3 Å². The lowest BCUT2D eigenvalue weighted by Gasteiger charge is -2.31. The summed E-state index contributed by atoms with van der Waals surface area (Å²) in [4.78, 5) is 29.5. The molecule has 1 aliphatic rings. The van der Waals surface area contributed by atoms with E-state index in [1.54, 1.807) is 0 Å². The smallest absolute Gasteiger partial charge is 0.329 e. The summed E-state index contributed by atoms with van der Waals surface area (Å²) in [7, 11) is 1.38. The minimum Gasteiger partial charge on any atom is -0.503 e. The Kier molecular flexibility index (Phi) is 7.92. The maximum atomic E-state index is 12.9. The van der Waals surface area contributed by atoms with Crippen LogP contribution in [0.1, 0.15) is 50.0 Å². The largest absolute Gasteiger partial charge is 0.503 e. The average molecular weight is 443 g/mol. The van der Waals surface area contributed by atoms with Gasteiger partial charge >= 0.3 is 5.97 Å². The minimum absolute atomic E-state index is 0.127. The van der Waals surface area contributed by atoms with Crippen molar-refractivity contribution in [3.05, 3.63) is 48.3 Å². The van der Waals surface area contributed by atoms with Crippen molar-refractivity contribution in [2.45, 2.75) is 57.8 Å². The van der Waals surface area contributed by atoms with E-state index in [9.17, 15) is 14.7 Å². The molecule has 4 atom stereocenters. The van der Waals surface area contributed by atoms with Crippen molar-refractivity contribution in [1.29, 1.82) is 0 Å². The monoisotopic (exact) mass is 442 g/mol. The zero-order valence-corrected chi connectivity index (χ0v) is 18.6. The van der Waals surface area contributed by atoms with Gasteiger partial charge in [0.25, 0.3) is 5.91 Å². The molecule has 1 aromatic carbocycles. The number of carbonyl (C=O) groups is 2. The Labute approximate surface area is 187 Å². The van der Waals surface area contributed by atoms with Gasteiger partial charge in [-0.05, 0) is 44.2 Å². The number of carbonyl (C=O) groups excluding carboxylic acids is 2. The van der Waals surface area contributed by atoms with E-state index in [2.05, 4.69) is 17.2 Å². The second kappa shape index (κ2) is 10.8. The third kappa shape index (κ3) is 5.49. The van der Waals surface area contributed by atoms with Crippen LogP contribution in [0.3, 0.4) is 0 Å². The molecule has 2 N–H and O–H groups in total. The number of nitrogens with zero attached hydrogens (tertiary/aromatic N) is 1. The van der Waals surface area contributed by atoms with Gasteiger partial charge in [0.15, 0.2) is 17.2 Å². The molecule has 1 fully saturated rings. The summed E-state index contributed by atoms with van der Waals surface area (Å²) in [6.07, 6.45) is 3.36. The molecule has 0 aliphatic carbocycles. The summed E-state index contributed by atoms with van der Waals surface area (Å²) >= 11 is 0. The molecule has 8 heteroatoms. The number of esters is 1. The molecule has 1 aromatic heterocycles. The van der Waals surface area contributed by atoms with E-state index in [0.717, 1.165) is 18.6 Å². The van der Waals surface area contributed by atoms with E-state index in [-0.39, 0.29) is 29.2 Å². The standard InChI is InChI=1S/C24H30N2O6/c1-4-16-9-8-12-18(26-23(28)20-21(27)19(30-3)13-14-25-20)24(29)31-15(2)22(16)32-17-10-6-5-7-11-17/h5-7,10-11,13-16,18,22,27H,4,8-9,12H2,1-3H3,(H,26,28)/t15-,16-,18-,22-/m0/s1. The number of cyclic esters (lactones) is 1. The highest BCUT2D eigenvalue weighted by atomic mass is 16.6. The van der Waals surface area contributed by atoms with Crippen LogP contribution in [-0.2, 0) is 9.53 Å². The van der Waals surface area contributed by atoms with E-state index in [1.807, 2.05) is 37.3 Å². The fourth-order valence-electron chi connectivity index (χ4n) is 3.99. The predicted molar refractivity (Wildman–Crippen MR) is 118 cm³/mol. The molecule has 0 radical (unpaired) electrons. The number of nitrogens with one attached hydrogen (secondary N) is 1. The fourth-order valence-corrected chi connectivity index (χ4v) is 3.99. The van der Waals surface area contributed by atoms with E-state index in [4.69, 9.17) is 14.2 Å². The van der Waals surface area contributed by atoms with Crippen LogP contribution in [0.15, 0.2) is 42.6 Å². The first-order valence-electron chi connectivity index (χ1n) is 10.9. The van der Waals surface area contributed by atoms with Gasteiger partial charge in [-0.1, -0.05) is 31.5 Å². The third-order valence-corrected chi connectivity index (χ3v) is 5.75. The number of methoxy groups -OCH3 is 1. The Balaban J connectivity index is 1.75. The van der Waals surface area contributed by atoms with Crippen molar-refractivity contribution < 1.29 is 28.9 Å². The molecule has 1 amide bonds. The quantitative estimate of drug-likeness (QED) is 0.660. The Morgan fingerprint density at radius 3 is 2.69 bits per heavy atom. The number of pyridine rings is 1. The Hall–Kier alpha value is -3.29. The molecule has 32 heavy (non-hydrogen) atoms. The van der Waals surface area contributed by atoms with Gasteiger partial charge in [0.05, 0.1) is 7.11 Å². The zero-order chi connectivity index (χ0) is 23.1. The van der Waals surface area contributed by atoms with Crippen molar-refractivity contribution in [3.8, 4) is 17.2 Å². The van der Waals surface area contributed by atoms with Crippen LogP contribution in [0.4, 0.5) is 0 Å². The highest BCUT2D eigenvalue weighted by Crippen LogP contribution is 2.29. The molecule has 0 bridgehead atoms. The second-order valence-electron chi connectivity index (χ2n) is 7.87. The fraction of sp³-hybridized carbons (Fsp3) is 0.458. The van der Waals surface area contributed by atoms with Crippen LogP contribution in [0.25, 0.3) is 0 Å². The normalized spacial score (nSPS) is 23.8. The molecule has 172 valence electrons. The molecular formula is C24H30N2O6. The summed E-state index contributed by atoms with van der Waals surface area (Å²) in [5.41, 5.74) is -0.207. The van der Waals surface area contributed by atoms with Crippen molar-refractivity contribution >= 4 is 11.9 Å². The van der Waals surface area contributed by atoms with Gasteiger partial charge < -0.3 is 24.6 Å². The van der Waals surface area contributed by atoms with Crippen molar-refractivity contribution in [2.75, 3.05) is 7.11 Å². The maximum absolute atomic E-state index is 12.9. The lowest BCUT2D eigenvalue weighted by Crippen LogP contribution is -2.45. The van der Waals surface area contributed by atoms with Crippen molar-refractivity contribution in [2.24, 2.45) is 5.92 Å². The van der Waals surface area contributed by atoms with Gasteiger partial charge in [-0.3, -0.25) is 4.79 Å². The van der Waals surface area contributed by atoms with Crippen LogP contribution < -0.4 is 14.8 Å². The van der Waals surface area contributed by atoms with Crippen molar-refractivity contribution in [3.63, 3.8) is 0 Å². The van der Waals surface area contributed by atoms with Gasteiger partial charge in [-0.15, -0.1) is 0 Å². The van der Waals surface area contributed by atoms with Gasteiger partial charge in [0.1, 0.15) is 24.0 Å². The number of hydrogen-bond donors (Lipinski definition) is 2. The summed E-state index contributed by atoms with van der Waals surface area (Å²) < 4.78 is 17.0. The lowest BCUT2D eigenvalue weighted by molar-refractivity contribution is -0.156. The first-order chi connectivity index (χ1) is 15.4. The second-order valence-corrected chi connectivity index (χ2v) is 7.87. The molecule has 3 rings (SSSR count). The average Bonchev–Trinajstić information content (AvgIpc) is 2.84. The van der Waals surface area contributed by atoms with E-state index in [0.29, 0.717) is 12.8 Å². The summed E-state index contributed by atoms with van der Waals surface area (Å²) in [6, 6.07) is 10.1. The molecule has 0 spiro atoms. The van der Waals surface area contributed by atoms with Crippen LogP contribution in [0.5, 0.6) is 17.2 Å². The number of ether oxygens (including phenoxy) is 3. The SMILES string of the molecule is CC[C@H]1CCC[C@H](NC(=O)c2nccc(OC)c2O)C(=O)O[C@@H](C)[C@@H]1Oc1ccccc1. The molecule has 8 nitrogen and oxygen atoms in total. The number of benzene rings is 1. The highest BCUT2D eigenvalue weighted by molar-refractivity contribution is 5.97. The zero-order valence-electron chi connectivity index (χ0n) is 18.6. The first kappa shape index (κ1) is 23.4. The maximum Gasteiger partial charge on any atom is 0.329 e. The Bertz CT molecular complexity index is 920. The highest BCUT2D eigenvalue weighted by Gasteiger charge is 2.35. The van der Waals surface area contributed by atoms with E-state index >= 15 is 0 Å². The number of amides is 1. The van der Waals surface area contributed by atoms with Crippen LogP contribution >= 0.6 is 0 Å². The van der Waals surface area contributed by atoms with Gasteiger partial charge in [0, 0.05) is 12.3 Å². The lowest BCUT2D eigenvalue weighted by atomic mass is 9.90. The summed E-state index contributed by atoms with van der Waals surface area (Å²) in [5, 5.41) is 12.9. The molecule has 2 aromatic rings. The summed E-state index contributed by atoms with van der Waals surface area (Å²) in [6.45, 7) is 3.91. The minimum atomic E-state index is -0.856. The Morgan fingerprint density at radius 2 is 2.00 bits per heavy atom. The number of aromatic hydroxyl groups is 1. The van der Waals surface area contributed by atoms with Crippen LogP contribution in [0.2, 0.25) is 0 Å². The number of para-hydroxylation sites is 1. The van der Waals surface area contributed by atoms with E-state index in [1.165, 1.54) is 19.4 Å². The van der Waals surface area contributed by atoms with Gasteiger partial charge in [-0.25, -0.2) is 9.78 Å². The molecule has 0 saturated carbocycles. The Morgan fingerprint density at radius 1 is 1.25 bits per heavy atom. The molecule has 1 saturated heterocycles. The molecular weight excluding hydrogens is 412 g/mol. The third-order valence-electron chi connectivity index (χ3n) is 5.75. The topological polar surface area (TPSA) is 107 Å². The number of rotatable bonds is 6. The predicted octanol–water partition coefficient (Wildman–Crippen LogP) is 3.48. The van der Waals surface area contributed by atoms with E-state index < -0.39 is 24.0 Å². The molecule has 2 heterocycles. The molecule has 1 aliphatic heterocycles. The number of hydrogen-bond acceptors (Lipinski definition) is 7. The van der Waals surface area contributed by atoms with Gasteiger partial charge in [0.2, 0.25) is 0 Å². The van der Waals surface area contributed by atoms with Gasteiger partial charge in [-0.2, -0.15) is 0 Å². The molecule has 0 unspecified atom stereocenters. The van der Waals surface area contributed by atoms with Crippen LogP contribution in [-0.4, -0.2) is 47.3 Å². The van der Waals surface area contributed by atoms with Crippen LogP contribution in [0, 0.1) is 5.92 Å².